The number of anilines is 1. The number of benzene rings is 2. The molecule has 0 fully saturated rings. The van der Waals surface area contributed by atoms with Gasteiger partial charge in [0.05, 0.1) is 6.10 Å². The Balaban J connectivity index is 2.33. The topological polar surface area (TPSA) is 23.5 Å². The van der Waals surface area contributed by atoms with Crippen LogP contribution in [-0.2, 0) is 6.54 Å². The van der Waals surface area contributed by atoms with Crippen LogP contribution >= 0.6 is 11.6 Å². The van der Waals surface area contributed by atoms with Gasteiger partial charge in [0.1, 0.15) is 5.82 Å². The molecule has 0 aliphatic rings. The van der Waals surface area contributed by atoms with Crippen LogP contribution in [0.1, 0.15) is 24.2 Å². The lowest BCUT2D eigenvalue weighted by atomic mass is 10.1. The number of aliphatic hydroxyl groups excluding tert-OH is 1. The fourth-order valence-electron chi connectivity index (χ4n) is 2.24. The molecule has 2 aromatic carbocycles. The lowest BCUT2D eigenvalue weighted by molar-refractivity contribution is 0.194. The summed E-state index contributed by atoms with van der Waals surface area (Å²) in [5, 5.41) is 10.4. The van der Waals surface area contributed by atoms with Gasteiger partial charge in [0.25, 0.3) is 0 Å². The van der Waals surface area contributed by atoms with Gasteiger partial charge in [-0.3, -0.25) is 0 Å². The third-order valence-corrected chi connectivity index (χ3v) is 3.59. The SMILES string of the molecule is CC(O)c1c(F)cccc1N(C)Cc1ccccc1Cl. The number of hydrogen-bond donors (Lipinski definition) is 1. The Morgan fingerprint density at radius 2 is 1.90 bits per heavy atom. The third kappa shape index (κ3) is 3.11. The van der Waals surface area contributed by atoms with Crippen LogP contribution in [0.4, 0.5) is 10.1 Å². The molecule has 0 saturated carbocycles. The molecule has 0 bridgehead atoms. The second-order valence-corrected chi connectivity index (χ2v) is 5.20. The van der Waals surface area contributed by atoms with Gasteiger partial charge in [-0.1, -0.05) is 35.9 Å². The molecule has 20 heavy (non-hydrogen) atoms. The third-order valence-electron chi connectivity index (χ3n) is 3.22. The molecule has 1 unspecified atom stereocenters. The first-order valence-electron chi connectivity index (χ1n) is 6.41. The Labute approximate surface area is 123 Å². The monoisotopic (exact) mass is 293 g/mol. The van der Waals surface area contributed by atoms with Crippen molar-refractivity contribution in [1.29, 1.82) is 0 Å². The summed E-state index contributed by atoms with van der Waals surface area (Å²) >= 11 is 6.14. The first-order valence-corrected chi connectivity index (χ1v) is 6.79. The molecule has 106 valence electrons. The molecule has 0 aliphatic carbocycles. The zero-order chi connectivity index (χ0) is 14.7. The van der Waals surface area contributed by atoms with E-state index in [0.717, 1.165) is 5.56 Å². The number of aliphatic hydroxyl groups is 1. The predicted molar refractivity (Wildman–Crippen MR) is 80.6 cm³/mol. The predicted octanol–water partition coefficient (Wildman–Crippen LogP) is 4.17. The molecule has 0 radical (unpaired) electrons. The van der Waals surface area contributed by atoms with Gasteiger partial charge in [0, 0.05) is 29.9 Å². The minimum absolute atomic E-state index is 0.307. The molecule has 4 heteroatoms. The van der Waals surface area contributed by atoms with Gasteiger partial charge < -0.3 is 10.0 Å². The van der Waals surface area contributed by atoms with E-state index in [-0.39, 0.29) is 0 Å². The fourth-order valence-corrected chi connectivity index (χ4v) is 2.43. The average molecular weight is 294 g/mol. The Morgan fingerprint density at radius 3 is 2.55 bits per heavy atom. The standard InChI is InChI=1S/C16H17ClFNO/c1-11(20)16-14(18)8-5-9-15(16)19(2)10-12-6-3-4-7-13(12)17/h3-9,11,20H,10H2,1-2H3. The first-order chi connectivity index (χ1) is 9.50. The summed E-state index contributed by atoms with van der Waals surface area (Å²) in [7, 11) is 1.85. The van der Waals surface area contributed by atoms with Gasteiger partial charge in [-0.05, 0) is 30.7 Å². The van der Waals surface area contributed by atoms with E-state index in [9.17, 15) is 9.50 Å². The maximum atomic E-state index is 13.9. The number of nitrogens with zero attached hydrogens (tertiary/aromatic N) is 1. The highest BCUT2D eigenvalue weighted by Gasteiger charge is 2.16. The minimum atomic E-state index is -0.861. The Morgan fingerprint density at radius 1 is 1.20 bits per heavy atom. The maximum Gasteiger partial charge on any atom is 0.131 e. The molecule has 1 N–H and O–H groups in total. The van der Waals surface area contributed by atoms with Gasteiger partial charge in [-0.2, -0.15) is 0 Å². The molecule has 0 aliphatic heterocycles. The second-order valence-electron chi connectivity index (χ2n) is 4.80. The Bertz CT molecular complexity index is 601. The van der Waals surface area contributed by atoms with E-state index in [1.54, 1.807) is 19.1 Å². The van der Waals surface area contributed by atoms with Crippen LogP contribution in [-0.4, -0.2) is 12.2 Å². The fraction of sp³-hybridized carbons (Fsp3) is 0.250. The van der Waals surface area contributed by atoms with Crippen molar-refractivity contribution >= 4 is 17.3 Å². The van der Waals surface area contributed by atoms with Crippen molar-refractivity contribution in [3.63, 3.8) is 0 Å². The van der Waals surface area contributed by atoms with Gasteiger partial charge in [0.2, 0.25) is 0 Å². The van der Waals surface area contributed by atoms with E-state index < -0.39 is 11.9 Å². The molecule has 0 aromatic heterocycles. The maximum absolute atomic E-state index is 13.9. The molecular weight excluding hydrogens is 277 g/mol. The van der Waals surface area contributed by atoms with Crippen LogP contribution in [0.3, 0.4) is 0 Å². The molecule has 2 nitrogen and oxygen atoms in total. The quantitative estimate of drug-likeness (QED) is 0.914. The minimum Gasteiger partial charge on any atom is -0.389 e. The summed E-state index contributed by atoms with van der Waals surface area (Å²) in [6, 6.07) is 12.3. The summed E-state index contributed by atoms with van der Waals surface area (Å²) < 4.78 is 13.9. The van der Waals surface area contributed by atoms with Crippen LogP contribution in [0.25, 0.3) is 0 Å². The van der Waals surface area contributed by atoms with Crippen molar-refractivity contribution in [3.05, 3.63) is 64.4 Å². The molecule has 2 rings (SSSR count). The average Bonchev–Trinajstić information content (AvgIpc) is 2.40. The lowest BCUT2D eigenvalue weighted by Crippen LogP contribution is -2.19. The van der Waals surface area contributed by atoms with Crippen molar-refractivity contribution < 1.29 is 9.50 Å². The molecule has 0 amide bonds. The van der Waals surface area contributed by atoms with Crippen molar-refractivity contribution in [2.45, 2.75) is 19.6 Å². The van der Waals surface area contributed by atoms with E-state index in [2.05, 4.69) is 0 Å². The molecule has 2 aromatic rings. The Kier molecular flexibility index (Phi) is 4.63. The van der Waals surface area contributed by atoms with Crippen molar-refractivity contribution in [2.24, 2.45) is 0 Å². The van der Waals surface area contributed by atoms with Crippen molar-refractivity contribution in [2.75, 3.05) is 11.9 Å². The normalized spacial score (nSPS) is 12.2. The van der Waals surface area contributed by atoms with E-state index in [1.807, 2.05) is 36.2 Å². The molecule has 0 heterocycles. The van der Waals surface area contributed by atoms with Crippen LogP contribution < -0.4 is 4.90 Å². The highest BCUT2D eigenvalue weighted by atomic mass is 35.5. The van der Waals surface area contributed by atoms with Crippen molar-refractivity contribution in [3.8, 4) is 0 Å². The van der Waals surface area contributed by atoms with E-state index >= 15 is 0 Å². The van der Waals surface area contributed by atoms with Crippen LogP contribution in [0.5, 0.6) is 0 Å². The van der Waals surface area contributed by atoms with Gasteiger partial charge in [-0.15, -0.1) is 0 Å². The summed E-state index contributed by atoms with van der Waals surface area (Å²) in [5.74, 6) is -0.400. The van der Waals surface area contributed by atoms with Crippen LogP contribution in [0.15, 0.2) is 42.5 Å². The van der Waals surface area contributed by atoms with Gasteiger partial charge >= 0.3 is 0 Å². The van der Waals surface area contributed by atoms with Gasteiger partial charge in [-0.25, -0.2) is 4.39 Å². The van der Waals surface area contributed by atoms with Crippen LogP contribution in [0, 0.1) is 5.82 Å². The number of halogens is 2. The Hall–Kier alpha value is -1.58. The number of hydrogen-bond acceptors (Lipinski definition) is 2. The highest BCUT2D eigenvalue weighted by molar-refractivity contribution is 6.31. The zero-order valence-corrected chi connectivity index (χ0v) is 12.2. The molecule has 0 saturated heterocycles. The summed E-state index contributed by atoms with van der Waals surface area (Å²) in [4.78, 5) is 1.88. The van der Waals surface area contributed by atoms with E-state index in [0.29, 0.717) is 22.8 Å². The molecular formula is C16H17ClFNO. The first kappa shape index (κ1) is 14.8. The summed E-state index contributed by atoms with van der Waals surface area (Å²) in [6.45, 7) is 2.11. The number of rotatable bonds is 4. The van der Waals surface area contributed by atoms with E-state index in [1.165, 1.54) is 6.07 Å². The van der Waals surface area contributed by atoms with E-state index in [4.69, 9.17) is 11.6 Å². The zero-order valence-electron chi connectivity index (χ0n) is 11.5. The summed E-state index contributed by atoms with van der Waals surface area (Å²) in [6.07, 6.45) is -0.861. The highest BCUT2D eigenvalue weighted by Crippen LogP contribution is 2.29. The second kappa shape index (κ2) is 6.25. The largest absolute Gasteiger partial charge is 0.389 e. The molecule has 0 spiro atoms. The summed E-state index contributed by atoms with van der Waals surface area (Å²) in [5.41, 5.74) is 1.93. The molecule has 1 atom stereocenters. The smallest absolute Gasteiger partial charge is 0.131 e. The van der Waals surface area contributed by atoms with Crippen molar-refractivity contribution in [1.82, 2.24) is 0 Å². The van der Waals surface area contributed by atoms with Gasteiger partial charge in [0.15, 0.2) is 0 Å². The van der Waals surface area contributed by atoms with Crippen LogP contribution in [0.2, 0.25) is 5.02 Å². The lowest BCUT2D eigenvalue weighted by Gasteiger charge is -2.24.